The van der Waals surface area contributed by atoms with E-state index in [1.165, 1.54) is 29.4 Å². The van der Waals surface area contributed by atoms with E-state index in [9.17, 15) is 27.9 Å². The maximum absolute atomic E-state index is 14.0. The zero-order chi connectivity index (χ0) is 31.6. The molecule has 6 atom stereocenters. The minimum Gasteiger partial charge on any atom is -0.443 e. The highest BCUT2D eigenvalue weighted by Gasteiger charge is 2.44. The van der Waals surface area contributed by atoms with Crippen molar-refractivity contribution >= 4 is 33.5 Å². The topological polar surface area (TPSA) is 161 Å². The molecule has 5 rings (SSSR count). The number of anilines is 1. The molecular weight excluding hydrogens is 590 g/mol. The first-order valence-electron chi connectivity index (χ1n) is 14.8. The number of sulfonamides is 1. The van der Waals surface area contributed by atoms with Crippen molar-refractivity contribution in [3.8, 4) is 0 Å². The average molecular weight is 630 g/mol. The monoisotopic (exact) mass is 629 g/mol. The molecule has 2 fully saturated rings. The summed E-state index contributed by atoms with van der Waals surface area (Å²) in [7, 11) is -4.19. The lowest BCUT2D eigenvalue weighted by Gasteiger charge is -2.31. The van der Waals surface area contributed by atoms with E-state index in [1.807, 2.05) is 44.2 Å². The van der Waals surface area contributed by atoms with Gasteiger partial charge in [-0.25, -0.2) is 13.2 Å². The molecule has 3 aliphatic heterocycles. The van der Waals surface area contributed by atoms with E-state index >= 15 is 0 Å². The number of carbonyl (C=O) groups excluding carboxylic acids is 3. The highest BCUT2D eigenvalue weighted by molar-refractivity contribution is 7.89. The molecule has 0 radical (unpaired) electrons. The molecule has 3 aliphatic rings. The minimum atomic E-state index is -4.19. The van der Waals surface area contributed by atoms with Crippen molar-refractivity contribution in [3.63, 3.8) is 0 Å². The number of benzene rings is 2. The summed E-state index contributed by atoms with van der Waals surface area (Å²) in [5.74, 6) is -2.16. The molecule has 0 aliphatic carbocycles. The van der Waals surface area contributed by atoms with Gasteiger partial charge >= 0.3 is 6.09 Å². The molecule has 3 heterocycles. The second kappa shape index (κ2) is 13.3. The maximum atomic E-state index is 14.0. The van der Waals surface area contributed by atoms with E-state index < -0.39 is 58.3 Å². The van der Waals surface area contributed by atoms with E-state index in [2.05, 4.69) is 10.6 Å². The summed E-state index contributed by atoms with van der Waals surface area (Å²) in [6.07, 6.45) is -2.02. The zero-order valence-corrected chi connectivity index (χ0v) is 25.8. The molecule has 12 nitrogen and oxygen atoms in total. The second-order valence-electron chi connectivity index (χ2n) is 12.0. The van der Waals surface area contributed by atoms with Crippen LogP contribution in [0.25, 0.3) is 0 Å². The van der Waals surface area contributed by atoms with Crippen molar-refractivity contribution in [1.29, 1.82) is 0 Å². The number of nitrogens with zero attached hydrogens (tertiary/aromatic N) is 1. The molecule has 2 amide bonds. The van der Waals surface area contributed by atoms with Gasteiger partial charge in [-0.3, -0.25) is 9.59 Å². The molecule has 0 aromatic heterocycles. The normalized spacial score (nSPS) is 24.1. The van der Waals surface area contributed by atoms with Crippen molar-refractivity contribution in [3.05, 3.63) is 59.7 Å². The van der Waals surface area contributed by atoms with Gasteiger partial charge in [0.1, 0.15) is 17.8 Å². The summed E-state index contributed by atoms with van der Waals surface area (Å²) in [6.45, 7) is 5.48. The molecule has 238 valence electrons. The van der Waals surface area contributed by atoms with E-state index in [0.29, 0.717) is 24.3 Å². The second-order valence-corrected chi connectivity index (χ2v) is 13.9. The van der Waals surface area contributed by atoms with Crippen LogP contribution in [0.3, 0.4) is 0 Å². The molecule has 3 N–H and O–H groups in total. The van der Waals surface area contributed by atoms with Crippen molar-refractivity contribution in [2.45, 2.75) is 69.0 Å². The number of amides is 2. The fourth-order valence-electron chi connectivity index (χ4n) is 5.99. The van der Waals surface area contributed by atoms with E-state index in [0.717, 1.165) is 5.56 Å². The van der Waals surface area contributed by atoms with Gasteiger partial charge in [-0.15, -0.1) is 0 Å². The number of Topliss-reactive ketones (excluding diaryl/α,β-unsaturated/α-hetero) is 1. The van der Waals surface area contributed by atoms with Gasteiger partial charge in [0.2, 0.25) is 15.9 Å². The van der Waals surface area contributed by atoms with Crippen LogP contribution in [0, 0.1) is 11.8 Å². The SMILES string of the molecule is CC(=O)C1C(=O)Nc2ccc(S(=O)(=O)N(CC(C)C)CC(O)C(Cc3ccccc3)NC(=O)OC3COC4OCCC34)cc21. The van der Waals surface area contributed by atoms with Gasteiger partial charge < -0.3 is 30.0 Å². The number of rotatable bonds is 12. The molecule has 2 aromatic rings. The number of nitrogens with one attached hydrogen (secondary N) is 2. The zero-order valence-electron chi connectivity index (χ0n) is 25.0. The van der Waals surface area contributed by atoms with Crippen LogP contribution in [0.2, 0.25) is 0 Å². The lowest BCUT2D eigenvalue weighted by Crippen LogP contribution is -2.51. The van der Waals surface area contributed by atoms with Crippen molar-refractivity contribution in [1.82, 2.24) is 9.62 Å². The predicted molar refractivity (Wildman–Crippen MR) is 159 cm³/mol. The van der Waals surface area contributed by atoms with Crippen LogP contribution in [0.4, 0.5) is 10.5 Å². The van der Waals surface area contributed by atoms with Crippen LogP contribution >= 0.6 is 0 Å². The molecule has 0 bridgehead atoms. The highest BCUT2D eigenvalue weighted by atomic mass is 32.2. The number of alkyl carbamates (subject to hydrolysis) is 1. The van der Waals surface area contributed by atoms with E-state index in [4.69, 9.17) is 14.2 Å². The van der Waals surface area contributed by atoms with E-state index in [1.54, 1.807) is 0 Å². The first-order valence-corrected chi connectivity index (χ1v) is 16.3. The largest absolute Gasteiger partial charge is 0.443 e. The highest BCUT2D eigenvalue weighted by Crippen LogP contribution is 2.36. The number of fused-ring (bicyclic) bond motifs is 2. The molecular formula is C31H39N3O9S. The third kappa shape index (κ3) is 6.97. The smallest absolute Gasteiger partial charge is 0.407 e. The Kier molecular flexibility index (Phi) is 9.71. The Morgan fingerprint density at radius 2 is 1.89 bits per heavy atom. The van der Waals surface area contributed by atoms with Gasteiger partial charge in [0.25, 0.3) is 0 Å². The molecule has 0 spiro atoms. The van der Waals surface area contributed by atoms with Crippen molar-refractivity contribution in [2.75, 3.05) is 31.6 Å². The first-order chi connectivity index (χ1) is 20.9. The Labute approximate surface area is 257 Å². The number of aliphatic hydroxyl groups excluding tert-OH is 1. The first kappa shape index (κ1) is 32.0. The fraction of sp³-hybridized carbons (Fsp3) is 0.516. The van der Waals surface area contributed by atoms with Crippen LogP contribution in [0.15, 0.2) is 53.4 Å². The van der Waals surface area contributed by atoms with Gasteiger partial charge in [0.05, 0.1) is 36.2 Å². The number of ketones is 1. The lowest BCUT2D eigenvalue weighted by molar-refractivity contribution is -0.125. The van der Waals surface area contributed by atoms with Gasteiger partial charge in [-0.05, 0) is 55.0 Å². The molecule has 6 unspecified atom stereocenters. The summed E-state index contributed by atoms with van der Waals surface area (Å²) in [5.41, 5.74) is 1.51. The molecule has 13 heteroatoms. The van der Waals surface area contributed by atoms with Gasteiger partial charge in [-0.2, -0.15) is 4.31 Å². The van der Waals surface area contributed by atoms with Gasteiger partial charge in [-0.1, -0.05) is 44.2 Å². The maximum Gasteiger partial charge on any atom is 0.407 e. The Balaban J connectivity index is 1.37. The Bertz CT molecular complexity index is 1480. The van der Waals surface area contributed by atoms with E-state index in [-0.39, 0.29) is 42.8 Å². The number of aliphatic hydroxyl groups is 1. The molecule has 2 saturated heterocycles. The van der Waals surface area contributed by atoms with Crippen LogP contribution < -0.4 is 10.6 Å². The number of ether oxygens (including phenoxy) is 3. The minimum absolute atomic E-state index is 0.0645. The lowest BCUT2D eigenvalue weighted by atomic mass is 9.97. The number of hydrogen-bond acceptors (Lipinski definition) is 9. The van der Waals surface area contributed by atoms with Crippen LogP contribution in [0.1, 0.15) is 44.2 Å². The van der Waals surface area contributed by atoms with Gasteiger partial charge in [0, 0.05) is 18.8 Å². The number of carbonyl (C=O) groups is 3. The number of hydrogen-bond donors (Lipinski definition) is 3. The van der Waals surface area contributed by atoms with Crippen LogP contribution in [-0.4, -0.2) is 86.5 Å². The molecule has 44 heavy (non-hydrogen) atoms. The Hall–Kier alpha value is -3.36. The summed E-state index contributed by atoms with van der Waals surface area (Å²) >= 11 is 0. The van der Waals surface area contributed by atoms with Crippen LogP contribution in [-0.2, 0) is 40.2 Å². The van der Waals surface area contributed by atoms with Crippen molar-refractivity contribution < 1.29 is 42.1 Å². The Morgan fingerprint density at radius 1 is 1.14 bits per heavy atom. The predicted octanol–water partition coefficient (Wildman–Crippen LogP) is 2.42. The molecule has 2 aromatic carbocycles. The van der Waals surface area contributed by atoms with Crippen molar-refractivity contribution in [2.24, 2.45) is 11.8 Å². The quantitative estimate of drug-likeness (QED) is 0.300. The summed E-state index contributed by atoms with van der Waals surface area (Å²) < 4.78 is 45.9. The summed E-state index contributed by atoms with van der Waals surface area (Å²) in [6, 6.07) is 12.5. The molecule has 0 saturated carbocycles. The standard InChI is InChI=1S/C31H39N3O9S/c1-18(2)15-34(44(39,40)21-9-10-24-23(14-21)28(19(3)35)29(37)32-24)16-26(36)25(13-20-7-5-4-6-8-20)33-31(38)43-27-17-42-30-22(27)11-12-41-30/h4-10,14,18,22,25-28,30,36H,11-13,15-17H2,1-3H3,(H,32,37)(H,33,38). The average Bonchev–Trinajstić information content (AvgIpc) is 3.67. The summed E-state index contributed by atoms with van der Waals surface area (Å²) in [5, 5.41) is 16.9. The Morgan fingerprint density at radius 3 is 2.59 bits per heavy atom. The summed E-state index contributed by atoms with van der Waals surface area (Å²) in [4.78, 5) is 37.5. The van der Waals surface area contributed by atoms with Gasteiger partial charge in [0.15, 0.2) is 6.29 Å². The third-order valence-corrected chi connectivity index (χ3v) is 10.00. The van der Waals surface area contributed by atoms with Crippen LogP contribution in [0.5, 0.6) is 0 Å². The fourth-order valence-corrected chi connectivity index (χ4v) is 7.65. The third-order valence-electron chi connectivity index (χ3n) is 8.17.